The second-order valence-corrected chi connectivity index (χ2v) is 4.80. The van der Waals surface area contributed by atoms with E-state index in [0.717, 1.165) is 11.3 Å². The third kappa shape index (κ3) is 3.64. The van der Waals surface area contributed by atoms with Gasteiger partial charge in [-0.25, -0.2) is 0 Å². The van der Waals surface area contributed by atoms with Crippen molar-refractivity contribution in [3.8, 4) is 0 Å². The molecule has 0 heterocycles. The number of anilines is 1. The van der Waals surface area contributed by atoms with Crippen molar-refractivity contribution in [2.24, 2.45) is 5.10 Å². The second kappa shape index (κ2) is 6.10. The van der Waals surface area contributed by atoms with Crippen LogP contribution in [0.2, 0.25) is 15.1 Å². The summed E-state index contributed by atoms with van der Waals surface area (Å²) in [6, 6.07) is 12.6. The predicted molar refractivity (Wildman–Crippen MR) is 79.1 cm³/mol. The fourth-order valence-corrected chi connectivity index (χ4v) is 1.73. The first-order chi connectivity index (χ1) is 8.65. The lowest BCUT2D eigenvalue weighted by molar-refractivity contribution is 1.35. The Morgan fingerprint density at radius 2 is 1.61 bits per heavy atom. The molecule has 0 atom stereocenters. The smallest absolute Gasteiger partial charge is 0.0598 e. The van der Waals surface area contributed by atoms with E-state index >= 15 is 0 Å². The first-order valence-corrected chi connectivity index (χ1v) is 6.28. The summed E-state index contributed by atoms with van der Waals surface area (Å²) in [5.74, 6) is 0. The van der Waals surface area contributed by atoms with E-state index in [0.29, 0.717) is 15.1 Å². The molecule has 0 aromatic heterocycles. The van der Waals surface area contributed by atoms with Gasteiger partial charge < -0.3 is 0 Å². The van der Waals surface area contributed by atoms with Crippen LogP contribution in [-0.2, 0) is 0 Å². The van der Waals surface area contributed by atoms with Gasteiger partial charge in [0.25, 0.3) is 0 Å². The molecule has 0 bridgehead atoms. The zero-order valence-electron chi connectivity index (χ0n) is 9.20. The molecule has 2 nitrogen and oxygen atoms in total. The maximum atomic E-state index is 5.90. The molecule has 0 saturated heterocycles. The molecule has 92 valence electrons. The van der Waals surface area contributed by atoms with Crippen molar-refractivity contribution in [2.45, 2.75) is 0 Å². The Kier molecular flexibility index (Phi) is 4.48. The van der Waals surface area contributed by atoms with Crippen molar-refractivity contribution in [1.82, 2.24) is 0 Å². The van der Waals surface area contributed by atoms with Gasteiger partial charge in [0.2, 0.25) is 0 Å². The van der Waals surface area contributed by atoms with E-state index in [1.807, 2.05) is 18.2 Å². The number of hydrogen-bond donors (Lipinski definition) is 1. The molecule has 0 amide bonds. The zero-order chi connectivity index (χ0) is 13.0. The van der Waals surface area contributed by atoms with Gasteiger partial charge in [-0.15, -0.1) is 0 Å². The number of nitrogens with zero attached hydrogens (tertiary/aromatic N) is 1. The first-order valence-electron chi connectivity index (χ1n) is 5.15. The molecule has 0 aliphatic heterocycles. The normalized spacial score (nSPS) is 10.8. The summed E-state index contributed by atoms with van der Waals surface area (Å²) in [7, 11) is 0. The lowest BCUT2D eigenvalue weighted by atomic mass is 10.2. The highest BCUT2D eigenvalue weighted by molar-refractivity contribution is 6.42. The SMILES string of the molecule is Clc1ccc(N/N=C\c2ccc(Cl)c(Cl)c2)cc1. The highest BCUT2D eigenvalue weighted by Gasteiger charge is 1.97. The van der Waals surface area contributed by atoms with Crippen LogP contribution in [0.5, 0.6) is 0 Å². The van der Waals surface area contributed by atoms with Gasteiger partial charge in [-0.2, -0.15) is 5.10 Å². The Morgan fingerprint density at radius 3 is 2.28 bits per heavy atom. The minimum absolute atomic E-state index is 0.507. The number of nitrogens with one attached hydrogen (secondary N) is 1. The zero-order valence-corrected chi connectivity index (χ0v) is 11.5. The third-order valence-electron chi connectivity index (χ3n) is 2.20. The Labute approximate surface area is 120 Å². The lowest BCUT2D eigenvalue weighted by Gasteiger charge is -2.00. The minimum atomic E-state index is 0.507. The molecule has 0 unspecified atom stereocenters. The molecular weight excluding hydrogens is 291 g/mol. The number of benzene rings is 2. The van der Waals surface area contributed by atoms with Crippen molar-refractivity contribution in [2.75, 3.05) is 5.43 Å². The topological polar surface area (TPSA) is 24.4 Å². The Balaban J connectivity index is 2.02. The van der Waals surface area contributed by atoms with E-state index in [9.17, 15) is 0 Å². The summed E-state index contributed by atoms with van der Waals surface area (Å²) in [5, 5.41) is 5.82. The molecule has 0 radical (unpaired) electrons. The maximum absolute atomic E-state index is 5.90. The molecule has 0 spiro atoms. The molecule has 5 heteroatoms. The number of rotatable bonds is 3. The van der Waals surface area contributed by atoms with Crippen molar-refractivity contribution in [3.63, 3.8) is 0 Å². The molecule has 0 aliphatic carbocycles. The number of hydrogen-bond acceptors (Lipinski definition) is 2. The van der Waals surface area contributed by atoms with Gasteiger partial charge in [0.15, 0.2) is 0 Å². The van der Waals surface area contributed by atoms with Crippen LogP contribution in [0.15, 0.2) is 47.6 Å². The molecule has 0 aliphatic rings. The van der Waals surface area contributed by atoms with Crippen LogP contribution in [0, 0.1) is 0 Å². The van der Waals surface area contributed by atoms with Crippen LogP contribution in [0.3, 0.4) is 0 Å². The fraction of sp³-hybridized carbons (Fsp3) is 0. The van der Waals surface area contributed by atoms with Crippen molar-refractivity contribution in [1.29, 1.82) is 0 Å². The van der Waals surface area contributed by atoms with Crippen LogP contribution in [0.4, 0.5) is 5.69 Å². The maximum Gasteiger partial charge on any atom is 0.0598 e. The number of halogens is 3. The van der Waals surface area contributed by atoms with E-state index < -0.39 is 0 Å². The van der Waals surface area contributed by atoms with Gasteiger partial charge in [0.1, 0.15) is 0 Å². The highest BCUT2D eigenvalue weighted by atomic mass is 35.5. The molecule has 0 saturated carbocycles. The monoisotopic (exact) mass is 298 g/mol. The first kappa shape index (κ1) is 13.2. The summed E-state index contributed by atoms with van der Waals surface area (Å²) >= 11 is 17.5. The quantitative estimate of drug-likeness (QED) is 0.619. The Hall–Kier alpha value is -1.22. The summed E-state index contributed by atoms with van der Waals surface area (Å²) in [6.07, 6.45) is 1.66. The van der Waals surface area contributed by atoms with Crippen LogP contribution < -0.4 is 5.43 Å². The molecule has 2 aromatic carbocycles. The minimum Gasteiger partial charge on any atom is -0.279 e. The Morgan fingerprint density at radius 1 is 0.889 bits per heavy atom. The van der Waals surface area contributed by atoms with E-state index in [1.165, 1.54) is 0 Å². The summed E-state index contributed by atoms with van der Waals surface area (Å²) in [4.78, 5) is 0. The molecule has 2 rings (SSSR count). The highest BCUT2D eigenvalue weighted by Crippen LogP contribution is 2.21. The Bertz CT molecular complexity index is 565. The number of hydrazone groups is 1. The second-order valence-electron chi connectivity index (χ2n) is 3.55. The van der Waals surface area contributed by atoms with E-state index in [2.05, 4.69) is 10.5 Å². The molecule has 18 heavy (non-hydrogen) atoms. The summed E-state index contributed by atoms with van der Waals surface area (Å²) in [6.45, 7) is 0. The van der Waals surface area contributed by atoms with Gasteiger partial charge in [-0.05, 0) is 42.0 Å². The molecular formula is C13H9Cl3N2. The summed E-state index contributed by atoms with van der Waals surface area (Å²) < 4.78 is 0. The fourth-order valence-electron chi connectivity index (χ4n) is 1.30. The molecule has 1 N–H and O–H groups in total. The van der Waals surface area contributed by atoms with E-state index in [1.54, 1.807) is 30.5 Å². The van der Waals surface area contributed by atoms with Crippen molar-refractivity contribution < 1.29 is 0 Å². The molecule has 2 aromatic rings. The largest absolute Gasteiger partial charge is 0.279 e. The van der Waals surface area contributed by atoms with Gasteiger partial charge in [-0.3, -0.25) is 5.43 Å². The van der Waals surface area contributed by atoms with Gasteiger partial charge in [-0.1, -0.05) is 40.9 Å². The van der Waals surface area contributed by atoms with E-state index in [4.69, 9.17) is 34.8 Å². The predicted octanol–water partition coefficient (Wildman–Crippen LogP) is 5.09. The van der Waals surface area contributed by atoms with Gasteiger partial charge >= 0.3 is 0 Å². The third-order valence-corrected chi connectivity index (χ3v) is 3.19. The van der Waals surface area contributed by atoms with Crippen molar-refractivity contribution >= 4 is 46.7 Å². The standard InChI is InChI=1S/C13H9Cl3N2/c14-10-2-4-11(5-3-10)18-17-8-9-1-6-12(15)13(16)7-9/h1-8,18H/b17-8-. The van der Waals surface area contributed by atoms with Crippen molar-refractivity contribution in [3.05, 3.63) is 63.1 Å². The van der Waals surface area contributed by atoms with Crippen LogP contribution in [-0.4, -0.2) is 6.21 Å². The van der Waals surface area contributed by atoms with Gasteiger partial charge in [0.05, 0.1) is 21.9 Å². The lowest BCUT2D eigenvalue weighted by Crippen LogP contribution is -1.90. The van der Waals surface area contributed by atoms with Gasteiger partial charge in [0, 0.05) is 5.02 Å². The van der Waals surface area contributed by atoms with Crippen LogP contribution in [0.25, 0.3) is 0 Å². The molecule has 0 fully saturated rings. The average molecular weight is 300 g/mol. The van der Waals surface area contributed by atoms with Crippen LogP contribution in [0.1, 0.15) is 5.56 Å². The summed E-state index contributed by atoms with van der Waals surface area (Å²) in [5.41, 5.74) is 4.61. The average Bonchev–Trinajstić information content (AvgIpc) is 2.36. The van der Waals surface area contributed by atoms with E-state index in [-0.39, 0.29) is 0 Å². The van der Waals surface area contributed by atoms with Crippen LogP contribution >= 0.6 is 34.8 Å².